The molecule has 3 rings (SSSR count). The summed E-state index contributed by atoms with van der Waals surface area (Å²) in [5.74, 6) is 0. The molecular formula is C21H23NO2S. The quantitative estimate of drug-likeness (QED) is 0.712. The van der Waals surface area contributed by atoms with Crippen molar-refractivity contribution < 1.29 is 8.42 Å². The maximum absolute atomic E-state index is 12.0. The van der Waals surface area contributed by atoms with Gasteiger partial charge in [0.05, 0.1) is 4.90 Å². The minimum absolute atomic E-state index is 0.359. The van der Waals surface area contributed by atoms with Crippen LogP contribution in [-0.4, -0.2) is 40.2 Å². The van der Waals surface area contributed by atoms with Crippen molar-refractivity contribution in [3.63, 3.8) is 0 Å². The largest absolute Gasteiger partial charge is 0.309 e. The molecule has 4 heteroatoms. The molecule has 0 spiro atoms. The molecule has 0 amide bonds. The molecule has 0 N–H and O–H groups in total. The summed E-state index contributed by atoms with van der Waals surface area (Å²) in [7, 11) is 0.862. The first-order chi connectivity index (χ1) is 11.9. The molecule has 130 valence electrons. The molecule has 0 heterocycles. The van der Waals surface area contributed by atoms with Crippen LogP contribution in [0, 0.1) is 0 Å². The number of hydrogen-bond donors (Lipinski definition) is 0. The Hall–Kier alpha value is -2.17. The van der Waals surface area contributed by atoms with E-state index in [-0.39, 0.29) is 0 Å². The molecule has 3 nitrogen and oxygen atoms in total. The van der Waals surface area contributed by atoms with E-state index in [4.69, 9.17) is 0 Å². The summed E-state index contributed by atoms with van der Waals surface area (Å²) in [5.41, 5.74) is 5.41. The minimum atomic E-state index is -3.24. The topological polar surface area (TPSA) is 37.4 Å². The fourth-order valence-corrected chi connectivity index (χ4v) is 3.69. The van der Waals surface area contributed by atoms with Crippen LogP contribution in [0.4, 0.5) is 0 Å². The van der Waals surface area contributed by atoms with Crippen LogP contribution in [0.3, 0.4) is 0 Å². The highest BCUT2D eigenvalue weighted by Crippen LogP contribution is 2.35. The lowest BCUT2D eigenvalue weighted by atomic mass is 9.93. The van der Waals surface area contributed by atoms with Gasteiger partial charge >= 0.3 is 0 Å². The van der Waals surface area contributed by atoms with Crippen LogP contribution in [0.25, 0.3) is 17.7 Å². The Morgan fingerprint density at radius 2 is 1.64 bits per heavy atom. The molecule has 0 saturated carbocycles. The molecule has 0 aliphatic heterocycles. The third-order valence-electron chi connectivity index (χ3n) is 4.36. The molecule has 0 atom stereocenters. The Labute approximate surface area is 150 Å². The number of benzene rings is 2. The van der Waals surface area contributed by atoms with Crippen LogP contribution in [-0.2, 0) is 9.84 Å². The van der Waals surface area contributed by atoms with Gasteiger partial charge in [0.2, 0.25) is 0 Å². The average Bonchev–Trinajstić information content (AvgIpc) is 2.71. The number of hydrogen-bond acceptors (Lipinski definition) is 3. The van der Waals surface area contributed by atoms with Gasteiger partial charge in [-0.15, -0.1) is 0 Å². The van der Waals surface area contributed by atoms with Crippen LogP contribution in [0.2, 0.25) is 0 Å². The Kier molecular flexibility index (Phi) is 4.93. The first-order valence-corrected chi connectivity index (χ1v) is 10.2. The van der Waals surface area contributed by atoms with Crippen molar-refractivity contribution in [2.45, 2.75) is 11.3 Å². The Balaban J connectivity index is 2.19. The normalized spacial score (nSPS) is 15.1. The minimum Gasteiger partial charge on any atom is -0.309 e. The maximum atomic E-state index is 12.0. The van der Waals surface area contributed by atoms with E-state index in [1.165, 1.54) is 6.26 Å². The Bertz CT molecular complexity index is 954. The molecule has 0 saturated heterocycles. The first kappa shape index (κ1) is 17.6. The second kappa shape index (κ2) is 6.98. The van der Waals surface area contributed by atoms with E-state index >= 15 is 0 Å². The summed E-state index contributed by atoms with van der Waals surface area (Å²) in [5, 5.41) is 0. The molecule has 1 aliphatic rings. The van der Waals surface area contributed by atoms with Gasteiger partial charge in [0.25, 0.3) is 0 Å². The van der Waals surface area contributed by atoms with Crippen molar-refractivity contribution in [1.29, 1.82) is 0 Å². The van der Waals surface area contributed by atoms with Crippen molar-refractivity contribution in [2.24, 2.45) is 0 Å². The van der Waals surface area contributed by atoms with Crippen molar-refractivity contribution in [2.75, 3.05) is 26.9 Å². The van der Waals surface area contributed by atoms with Gasteiger partial charge in [0, 0.05) is 12.8 Å². The summed E-state index contributed by atoms with van der Waals surface area (Å²) in [6, 6.07) is 13.6. The number of rotatable bonds is 4. The van der Waals surface area contributed by atoms with E-state index in [1.54, 1.807) is 12.1 Å². The van der Waals surface area contributed by atoms with Gasteiger partial charge in [0.15, 0.2) is 9.84 Å². The molecule has 2 aromatic carbocycles. The van der Waals surface area contributed by atoms with Gasteiger partial charge in [-0.1, -0.05) is 48.6 Å². The maximum Gasteiger partial charge on any atom is 0.175 e. The molecule has 1 aliphatic carbocycles. The van der Waals surface area contributed by atoms with E-state index in [1.807, 2.05) is 18.2 Å². The van der Waals surface area contributed by atoms with Gasteiger partial charge in [-0.05, 0) is 60.5 Å². The molecule has 0 fully saturated rings. The Morgan fingerprint density at radius 3 is 2.32 bits per heavy atom. The highest BCUT2D eigenvalue weighted by Gasteiger charge is 2.17. The van der Waals surface area contributed by atoms with Crippen molar-refractivity contribution >= 4 is 27.6 Å². The number of nitrogens with zero attached hydrogens (tertiary/aromatic N) is 1. The third kappa shape index (κ3) is 3.91. The lowest BCUT2D eigenvalue weighted by Crippen LogP contribution is -2.12. The summed E-state index contributed by atoms with van der Waals surface area (Å²) >= 11 is 0. The van der Waals surface area contributed by atoms with Crippen molar-refractivity contribution in [1.82, 2.24) is 4.90 Å². The Morgan fingerprint density at radius 1 is 0.960 bits per heavy atom. The molecule has 0 bridgehead atoms. The van der Waals surface area contributed by atoms with E-state index in [9.17, 15) is 8.42 Å². The molecule has 25 heavy (non-hydrogen) atoms. The molecule has 2 aromatic rings. The highest BCUT2D eigenvalue weighted by atomic mass is 32.2. The zero-order valence-electron chi connectivity index (χ0n) is 14.9. The van der Waals surface area contributed by atoms with E-state index < -0.39 is 9.84 Å². The SMILES string of the molecule is CN(C)CC/C=C1/c2ccccc2C=Cc2ccc(S(C)(=O)=O)cc21. The third-order valence-corrected chi connectivity index (χ3v) is 5.47. The second-order valence-electron chi connectivity index (χ2n) is 6.65. The van der Waals surface area contributed by atoms with Crippen molar-refractivity contribution in [3.8, 4) is 0 Å². The van der Waals surface area contributed by atoms with Crippen molar-refractivity contribution in [3.05, 3.63) is 70.8 Å². The summed E-state index contributed by atoms with van der Waals surface area (Å²) < 4.78 is 24.0. The van der Waals surface area contributed by atoms with Gasteiger partial charge in [-0.2, -0.15) is 0 Å². The fraction of sp³-hybridized carbons (Fsp3) is 0.238. The van der Waals surface area contributed by atoms with Gasteiger partial charge in [-0.25, -0.2) is 8.42 Å². The standard InChI is InChI=1S/C21H23NO2S/c1-22(2)14-6-9-20-19-8-5-4-7-16(19)10-11-17-12-13-18(15-21(17)20)25(3,23)24/h4-5,7-13,15H,6,14H2,1-3H3/b20-9-. The number of sulfone groups is 1. The van der Waals surface area contributed by atoms with Crippen LogP contribution in [0.5, 0.6) is 0 Å². The molecule has 0 aromatic heterocycles. The van der Waals surface area contributed by atoms with E-state index in [2.05, 4.69) is 49.4 Å². The van der Waals surface area contributed by atoms with E-state index in [0.717, 1.165) is 40.8 Å². The van der Waals surface area contributed by atoms with Gasteiger partial charge < -0.3 is 4.90 Å². The molecular weight excluding hydrogens is 330 g/mol. The molecule has 0 unspecified atom stereocenters. The van der Waals surface area contributed by atoms with Crippen LogP contribution >= 0.6 is 0 Å². The predicted molar refractivity (Wildman–Crippen MR) is 105 cm³/mol. The first-order valence-electron chi connectivity index (χ1n) is 8.33. The zero-order chi connectivity index (χ0) is 18.0. The summed E-state index contributed by atoms with van der Waals surface area (Å²) in [6.07, 6.45) is 8.54. The highest BCUT2D eigenvalue weighted by molar-refractivity contribution is 7.90. The second-order valence-corrected chi connectivity index (χ2v) is 8.67. The lowest BCUT2D eigenvalue weighted by molar-refractivity contribution is 0.417. The van der Waals surface area contributed by atoms with Gasteiger partial charge in [0.1, 0.15) is 0 Å². The van der Waals surface area contributed by atoms with Crippen LogP contribution < -0.4 is 0 Å². The summed E-state index contributed by atoms with van der Waals surface area (Å²) in [6.45, 7) is 0.945. The van der Waals surface area contributed by atoms with Crippen LogP contribution in [0.15, 0.2) is 53.4 Å². The fourth-order valence-electron chi connectivity index (χ4n) is 3.04. The smallest absolute Gasteiger partial charge is 0.175 e. The zero-order valence-corrected chi connectivity index (χ0v) is 15.7. The molecule has 0 radical (unpaired) electrons. The monoisotopic (exact) mass is 353 g/mol. The van der Waals surface area contributed by atoms with E-state index in [0.29, 0.717) is 4.90 Å². The predicted octanol–water partition coefficient (Wildman–Crippen LogP) is 3.96. The lowest BCUT2D eigenvalue weighted by Gasteiger charge is -2.14. The van der Waals surface area contributed by atoms with Gasteiger partial charge in [-0.3, -0.25) is 0 Å². The number of fused-ring (bicyclic) bond motifs is 2. The van der Waals surface area contributed by atoms with Crippen LogP contribution in [0.1, 0.15) is 28.7 Å². The summed E-state index contributed by atoms with van der Waals surface area (Å²) in [4.78, 5) is 2.50. The average molecular weight is 353 g/mol.